The lowest BCUT2D eigenvalue weighted by molar-refractivity contribution is 0.0290. The molecular weight excluding hydrogens is 178 g/mol. The molecule has 0 aliphatic carbocycles. The van der Waals surface area contributed by atoms with E-state index in [9.17, 15) is 5.11 Å². The van der Waals surface area contributed by atoms with Crippen molar-refractivity contribution < 1.29 is 9.94 Å². The van der Waals surface area contributed by atoms with E-state index in [0.717, 1.165) is 12.0 Å². The Morgan fingerprint density at radius 1 is 1.50 bits per heavy atom. The highest BCUT2D eigenvalue weighted by Gasteiger charge is 2.02. The number of nitrogens with one attached hydrogen (secondary N) is 1. The van der Waals surface area contributed by atoms with E-state index in [2.05, 4.69) is 5.48 Å². The predicted octanol–water partition coefficient (Wildman–Crippen LogP) is 1.86. The Kier molecular flexibility index (Phi) is 4.43. The first-order chi connectivity index (χ1) is 6.72. The molecule has 3 nitrogen and oxygen atoms in total. The molecule has 1 unspecified atom stereocenters. The Labute approximate surface area is 84.7 Å². The molecule has 1 aromatic carbocycles. The van der Waals surface area contributed by atoms with Crippen molar-refractivity contribution in [2.24, 2.45) is 0 Å². The van der Waals surface area contributed by atoms with Crippen LogP contribution in [0.25, 0.3) is 0 Å². The fourth-order valence-corrected chi connectivity index (χ4v) is 1.30. The van der Waals surface area contributed by atoms with E-state index >= 15 is 0 Å². The van der Waals surface area contributed by atoms with Gasteiger partial charge < -0.3 is 9.94 Å². The number of rotatable bonds is 5. The van der Waals surface area contributed by atoms with E-state index < -0.39 is 0 Å². The molecule has 0 fully saturated rings. The Balaban J connectivity index is 2.43. The summed E-state index contributed by atoms with van der Waals surface area (Å²) in [7, 11) is 0. The average molecular weight is 195 g/mol. The van der Waals surface area contributed by atoms with Gasteiger partial charge in [-0.05, 0) is 38.0 Å². The minimum Gasteiger partial charge on any atom is -0.508 e. The van der Waals surface area contributed by atoms with E-state index in [1.807, 2.05) is 26.0 Å². The van der Waals surface area contributed by atoms with Gasteiger partial charge in [-0.2, -0.15) is 5.48 Å². The summed E-state index contributed by atoms with van der Waals surface area (Å²) in [5.41, 5.74) is 4.02. The molecule has 78 valence electrons. The Hall–Kier alpha value is -1.06. The molecule has 0 saturated carbocycles. The number of aromatic hydroxyl groups is 1. The van der Waals surface area contributed by atoms with Gasteiger partial charge in [-0.3, -0.25) is 0 Å². The fourth-order valence-electron chi connectivity index (χ4n) is 1.30. The summed E-state index contributed by atoms with van der Waals surface area (Å²) >= 11 is 0. The number of hydrogen-bond donors (Lipinski definition) is 2. The Morgan fingerprint density at radius 3 is 2.93 bits per heavy atom. The minimum atomic E-state index is 0.247. The van der Waals surface area contributed by atoms with Gasteiger partial charge >= 0.3 is 0 Å². The maximum atomic E-state index is 9.25. The molecule has 1 atom stereocenters. The molecule has 0 bridgehead atoms. The Bertz CT molecular complexity index is 276. The van der Waals surface area contributed by atoms with Gasteiger partial charge in [-0.25, -0.2) is 0 Å². The molecule has 0 aromatic heterocycles. The van der Waals surface area contributed by atoms with Gasteiger partial charge in [0.25, 0.3) is 0 Å². The first-order valence-corrected chi connectivity index (χ1v) is 4.87. The van der Waals surface area contributed by atoms with Crippen LogP contribution in [0.1, 0.15) is 19.4 Å². The molecule has 14 heavy (non-hydrogen) atoms. The van der Waals surface area contributed by atoms with Crippen molar-refractivity contribution in [3.05, 3.63) is 29.8 Å². The molecule has 3 heteroatoms. The van der Waals surface area contributed by atoms with E-state index in [1.165, 1.54) is 0 Å². The van der Waals surface area contributed by atoms with Gasteiger partial charge in [-0.1, -0.05) is 12.1 Å². The summed E-state index contributed by atoms with van der Waals surface area (Å²) < 4.78 is 0. The zero-order chi connectivity index (χ0) is 10.4. The summed E-state index contributed by atoms with van der Waals surface area (Å²) in [5.74, 6) is 0.311. The second-order valence-electron chi connectivity index (χ2n) is 3.33. The highest BCUT2D eigenvalue weighted by Crippen LogP contribution is 2.12. The van der Waals surface area contributed by atoms with Gasteiger partial charge in [0.15, 0.2) is 0 Å². The largest absolute Gasteiger partial charge is 0.508 e. The lowest BCUT2D eigenvalue weighted by Gasteiger charge is -2.12. The molecule has 0 amide bonds. The van der Waals surface area contributed by atoms with E-state index in [4.69, 9.17) is 4.84 Å². The molecule has 0 heterocycles. The SMILES string of the molecule is CCONC(C)Cc1cccc(O)c1. The zero-order valence-electron chi connectivity index (χ0n) is 8.66. The summed E-state index contributed by atoms with van der Waals surface area (Å²) in [6.45, 7) is 4.64. The third kappa shape index (κ3) is 3.77. The van der Waals surface area contributed by atoms with Crippen molar-refractivity contribution in [3.8, 4) is 5.75 Å². The third-order valence-corrected chi connectivity index (χ3v) is 1.88. The van der Waals surface area contributed by atoms with E-state index in [-0.39, 0.29) is 6.04 Å². The molecule has 2 N–H and O–H groups in total. The summed E-state index contributed by atoms with van der Waals surface area (Å²) in [6.07, 6.45) is 0.842. The van der Waals surface area contributed by atoms with Crippen LogP contribution < -0.4 is 5.48 Å². The maximum Gasteiger partial charge on any atom is 0.115 e. The van der Waals surface area contributed by atoms with Crippen LogP contribution in [-0.4, -0.2) is 17.8 Å². The van der Waals surface area contributed by atoms with Crippen LogP contribution >= 0.6 is 0 Å². The molecule has 0 aliphatic heterocycles. The molecule has 1 rings (SSSR count). The Morgan fingerprint density at radius 2 is 2.29 bits per heavy atom. The van der Waals surface area contributed by atoms with Gasteiger partial charge in [-0.15, -0.1) is 0 Å². The zero-order valence-corrected chi connectivity index (χ0v) is 8.66. The normalized spacial score (nSPS) is 12.7. The second-order valence-corrected chi connectivity index (χ2v) is 3.33. The van der Waals surface area contributed by atoms with Crippen LogP contribution in [0.15, 0.2) is 24.3 Å². The monoisotopic (exact) mass is 195 g/mol. The average Bonchev–Trinajstić information content (AvgIpc) is 2.15. The number of phenols is 1. The first kappa shape index (κ1) is 11.0. The molecule has 1 aromatic rings. The maximum absolute atomic E-state index is 9.25. The number of phenolic OH excluding ortho intramolecular Hbond substituents is 1. The fraction of sp³-hybridized carbons (Fsp3) is 0.455. The molecule has 0 aliphatic rings. The molecule has 0 saturated heterocycles. The highest BCUT2D eigenvalue weighted by molar-refractivity contribution is 5.27. The number of benzene rings is 1. The van der Waals surface area contributed by atoms with Crippen molar-refractivity contribution in [1.82, 2.24) is 5.48 Å². The topological polar surface area (TPSA) is 41.5 Å². The second kappa shape index (κ2) is 5.62. The standard InChI is InChI=1S/C11H17NO2/c1-3-14-12-9(2)7-10-5-4-6-11(13)8-10/h4-6,8-9,12-13H,3,7H2,1-2H3. The van der Waals surface area contributed by atoms with Crippen LogP contribution in [0.5, 0.6) is 5.75 Å². The summed E-state index contributed by atoms with van der Waals surface area (Å²) in [6, 6.07) is 7.52. The number of hydrogen-bond acceptors (Lipinski definition) is 3. The van der Waals surface area contributed by atoms with Crippen LogP contribution in [0.4, 0.5) is 0 Å². The lowest BCUT2D eigenvalue weighted by atomic mass is 10.1. The molecule has 0 radical (unpaired) electrons. The van der Waals surface area contributed by atoms with Gasteiger partial charge in [0.05, 0.1) is 6.61 Å². The smallest absolute Gasteiger partial charge is 0.115 e. The van der Waals surface area contributed by atoms with Crippen molar-refractivity contribution in [1.29, 1.82) is 0 Å². The van der Waals surface area contributed by atoms with Crippen molar-refractivity contribution in [2.45, 2.75) is 26.3 Å². The van der Waals surface area contributed by atoms with E-state index in [1.54, 1.807) is 12.1 Å². The summed E-state index contributed by atoms with van der Waals surface area (Å²) in [4.78, 5) is 5.09. The van der Waals surface area contributed by atoms with Gasteiger partial charge in [0, 0.05) is 6.04 Å². The third-order valence-electron chi connectivity index (χ3n) is 1.88. The van der Waals surface area contributed by atoms with Gasteiger partial charge in [0.2, 0.25) is 0 Å². The summed E-state index contributed by atoms with van der Waals surface area (Å²) in [5, 5.41) is 9.25. The highest BCUT2D eigenvalue weighted by atomic mass is 16.6. The lowest BCUT2D eigenvalue weighted by Crippen LogP contribution is -2.28. The van der Waals surface area contributed by atoms with Crippen molar-refractivity contribution >= 4 is 0 Å². The van der Waals surface area contributed by atoms with Crippen LogP contribution in [0.3, 0.4) is 0 Å². The van der Waals surface area contributed by atoms with Crippen molar-refractivity contribution in [3.63, 3.8) is 0 Å². The minimum absolute atomic E-state index is 0.247. The molecule has 0 spiro atoms. The predicted molar refractivity (Wildman–Crippen MR) is 56.0 cm³/mol. The number of hydroxylamine groups is 1. The van der Waals surface area contributed by atoms with Crippen LogP contribution in [-0.2, 0) is 11.3 Å². The quantitative estimate of drug-likeness (QED) is 0.705. The first-order valence-electron chi connectivity index (χ1n) is 4.87. The molecular formula is C11H17NO2. The van der Waals surface area contributed by atoms with Crippen molar-refractivity contribution in [2.75, 3.05) is 6.61 Å². The van der Waals surface area contributed by atoms with E-state index in [0.29, 0.717) is 12.4 Å². The van der Waals surface area contributed by atoms with Crippen LogP contribution in [0, 0.1) is 0 Å². The van der Waals surface area contributed by atoms with Gasteiger partial charge in [0.1, 0.15) is 5.75 Å². The van der Waals surface area contributed by atoms with Crippen LogP contribution in [0.2, 0.25) is 0 Å².